The lowest BCUT2D eigenvalue weighted by Crippen LogP contribution is -2.00. The molecule has 1 N–H and O–H groups in total. The maximum Gasteiger partial charge on any atom is 0.142 e. The first kappa shape index (κ1) is 14.2. The van der Waals surface area contributed by atoms with Crippen LogP contribution in [0.4, 0.5) is 10.1 Å². The van der Waals surface area contributed by atoms with Gasteiger partial charge in [-0.25, -0.2) is 9.37 Å². The second-order valence-electron chi connectivity index (χ2n) is 4.34. The van der Waals surface area contributed by atoms with Gasteiger partial charge in [-0.2, -0.15) is 0 Å². The fourth-order valence-corrected chi connectivity index (χ4v) is 3.00. The molecule has 3 nitrogen and oxygen atoms in total. The largest absolute Gasteiger partial charge is 0.378 e. The van der Waals surface area contributed by atoms with Gasteiger partial charge in [0.15, 0.2) is 0 Å². The van der Waals surface area contributed by atoms with Crippen LogP contribution in [0.2, 0.25) is 0 Å². The highest BCUT2D eigenvalue weighted by Crippen LogP contribution is 2.25. The zero-order valence-corrected chi connectivity index (χ0v) is 13.3. The van der Waals surface area contributed by atoms with Crippen LogP contribution >= 0.6 is 27.3 Å². The summed E-state index contributed by atoms with van der Waals surface area (Å²) in [4.78, 5) is 8.81. The minimum atomic E-state index is -0.270. The summed E-state index contributed by atoms with van der Waals surface area (Å²) in [5.41, 5.74) is 2.47. The number of nitrogens with zero attached hydrogens (tertiary/aromatic N) is 2. The molecule has 0 bridgehead atoms. The molecule has 0 aliphatic carbocycles. The van der Waals surface area contributed by atoms with Gasteiger partial charge in [0.25, 0.3) is 0 Å². The van der Waals surface area contributed by atoms with Crippen molar-refractivity contribution in [2.75, 3.05) is 5.32 Å². The molecule has 0 atom stereocenters. The van der Waals surface area contributed by atoms with Gasteiger partial charge in [0.2, 0.25) is 0 Å². The minimum Gasteiger partial charge on any atom is -0.378 e. The topological polar surface area (TPSA) is 37.8 Å². The van der Waals surface area contributed by atoms with E-state index in [1.165, 1.54) is 12.1 Å². The quantitative estimate of drug-likeness (QED) is 0.728. The molecule has 0 unspecified atom stereocenters. The molecule has 0 saturated heterocycles. The molecule has 6 heteroatoms. The van der Waals surface area contributed by atoms with E-state index in [2.05, 4.69) is 31.2 Å². The predicted octanol–water partition coefficient (Wildman–Crippen LogP) is 4.72. The second kappa shape index (κ2) is 6.32. The molecule has 0 fully saturated rings. The number of hydrogen-bond acceptors (Lipinski definition) is 4. The first-order valence-corrected chi connectivity index (χ1v) is 7.94. The number of anilines is 1. The van der Waals surface area contributed by atoms with Crippen molar-refractivity contribution in [2.45, 2.75) is 6.54 Å². The monoisotopic (exact) mass is 363 g/mol. The van der Waals surface area contributed by atoms with Crippen LogP contribution in [0.3, 0.4) is 0 Å². The van der Waals surface area contributed by atoms with Crippen LogP contribution in [0.25, 0.3) is 10.7 Å². The molecule has 2 heterocycles. The van der Waals surface area contributed by atoms with E-state index >= 15 is 0 Å². The van der Waals surface area contributed by atoms with E-state index in [9.17, 15) is 4.39 Å². The molecule has 1 aromatic carbocycles. The van der Waals surface area contributed by atoms with E-state index in [1.807, 2.05) is 23.6 Å². The summed E-state index contributed by atoms with van der Waals surface area (Å²) in [5, 5.41) is 6.03. The van der Waals surface area contributed by atoms with Crippen LogP contribution in [-0.2, 0) is 6.54 Å². The average Bonchev–Trinajstić information content (AvgIpc) is 2.98. The van der Waals surface area contributed by atoms with Crippen molar-refractivity contribution < 1.29 is 4.39 Å². The van der Waals surface area contributed by atoms with Gasteiger partial charge in [-0.3, -0.25) is 4.98 Å². The molecule has 0 saturated carbocycles. The van der Waals surface area contributed by atoms with Gasteiger partial charge < -0.3 is 5.32 Å². The maximum absolute atomic E-state index is 13.2. The molecule has 2 aromatic heterocycles. The van der Waals surface area contributed by atoms with Crippen LogP contribution in [0.5, 0.6) is 0 Å². The summed E-state index contributed by atoms with van der Waals surface area (Å²) in [7, 11) is 0. The Morgan fingerprint density at radius 1 is 1.24 bits per heavy atom. The van der Waals surface area contributed by atoms with Gasteiger partial charge in [0.1, 0.15) is 10.8 Å². The number of aromatic nitrogens is 2. The third kappa shape index (κ3) is 3.46. The summed E-state index contributed by atoms with van der Waals surface area (Å²) in [6, 6.07) is 10.3. The summed E-state index contributed by atoms with van der Waals surface area (Å²) < 4.78 is 14.0. The van der Waals surface area contributed by atoms with Crippen molar-refractivity contribution in [1.82, 2.24) is 9.97 Å². The fraction of sp³-hybridized carbons (Fsp3) is 0.0667. The first-order chi connectivity index (χ1) is 10.2. The number of halogens is 2. The minimum absolute atomic E-state index is 0.270. The number of nitrogens with one attached hydrogen (secondary N) is 1. The van der Waals surface area contributed by atoms with Crippen LogP contribution < -0.4 is 5.32 Å². The molecular formula is C15H11BrFN3S. The Morgan fingerprint density at radius 3 is 2.95 bits per heavy atom. The van der Waals surface area contributed by atoms with Crippen molar-refractivity contribution in [1.29, 1.82) is 0 Å². The van der Waals surface area contributed by atoms with Crippen molar-refractivity contribution in [3.8, 4) is 10.7 Å². The van der Waals surface area contributed by atoms with Crippen molar-refractivity contribution in [2.24, 2.45) is 0 Å². The maximum atomic E-state index is 13.2. The van der Waals surface area contributed by atoms with Gasteiger partial charge in [-0.1, -0.05) is 6.07 Å². The van der Waals surface area contributed by atoms with E-state index < -0.39 is 0 Å². The predicted molar refractivity (Wildman–Crippen MR) is 86.8 cm³/mol. The Balaban J connectivity index is 1.72. The lowest BCUT2D eigenvalue weighted by molar-refractivity contribution is 0.628. The van der Waals surface area contributed by atoms with E-state index in [4.69, 9.17) is 0 Å². The second-order valence-corrected chi connectivity index (χ2v) is 6.05. The standard InChI is InChI=1S/C15H11BrFN3S/c16-12-5-4-10(17)7-14(12)19-8-11-9-21-15(20-11)13-3-1-2-6-18-13/h1-7,9,19H,8H2. The number of benzene rings is 1. The Morgan fingerprint density at radius 2 is 2.14 bits per heavy atom. The van der Waals surface area contributed by atoms with E-state index in [-0.39, 0.29) is 5.82 Å². The normalized spacial score (nSPS) is 10.6. The van der Waals surface area contributed by atoms with Crippen LogP contribution in [0, 0.1) is 5.82 Å². The van der Waals surface area contributed by atoms with Crippen LogP contribution in [-0.4, -0.2) is 9.97 Å². The Bertz CT molecular complexity index is 746. The van der Waals surface area contributed by atoms with Gasteiger partial charge in [0, 0.05) is 16.0 Å². The van der Waals surface area contributed by atoms with Crippen molar-refractivity contribution in [3.63, 3.8) is 0 Å². The fourth-order valence-electron chi connectivity index (χ4n) is 1.81. The van der Waals surface area contributed by atoms with E-state index in [1.54, 1.807) is 23.6 Å². The highest BCUT2D eigenvalue weighted by atomic mass is 79.9. The number of pyridine rings is 1. The van der Waals surface area contributed by atoms with Crippen LogP contribution in [0.1, 0.15) is 5.69 Å². The number of hydrogen-bond donors (Lipinski definition) is 1. The van der Waals surface area contributed by atoms with Gasteiger partial charge in [0.05, 0.1) is 23.6 Å². The molecule has 0 spiro atoms. The SMILES string of the molecule is Fc1ccc(Br)c(NCc2csc(-c3ccccn3)n2)c1. The average molecular weight is 364 g/mol. The van der Waals surface area contributed by atoms with Gasteiger partial charge in [-0.15, -0.1) is 11.3 Å². The summed E-state index contributed by atoms with van der Waals surface area (Å²) >= 11 is 4.93. The summed E-state index contributed by atoms with van der Waals surface area (Å²) in [6.07, 6.45) is 1.75. The zero-order valence-electron chi connectivity index (χ0n) is 10.9. The summed E-state index contributed by atoms with van der Waals surface area (Å²) in [6.45, 7) is 0.533. The molecule has 0 radical (unpaired) electrons. The van der Waals surface area contributed by atoms with E-state index in [0.717, 1.165) is 20.9 Å². The molecule has 21 heavy (non-hydrogen) atoms. The molecule has 3 rings (SSSR count). The molecule has 0 amide bonds. The first-order valence-electron chi connectivity index (χ1n) is 6.27. The summed E-state index contributed by atoms with van der Waals surface area (Å²) in [5.74, 6) is -0.270. The Kier molecular flexibility index (Phi) is 4.26. The van der Waals surface area contributed by atoms with Crippen molar-refractivity contribution >= 4 is 33.0 Å². The van der Waals surface area contributed by atoms with Crippen LogP contribution in [0.15, 0.2) is 52.4 Å². The van der Waals surface area contributed by atoms with Crippen molar-refractivity contribution in [3.05, 3.63) is 64.0 Å². The molecule has 3 aromatic rings. The highest BCUT2D eigenvalue weighted by Gasteiger charge is 2.06. The molecule has 0 aliphatic heterocycles. The molecule has 106 valence electrons. The Labute approximate surface area is 134 Å². The molecule has 0 aliphatic rings. The van der Waals surface area contributed by atoms with E-state index in [0.29, 0.717) is 12.2 Å². The Hall–Kier alpha value is -1.79. The lowest BCUT2D eigenvalue weighted by atomic mass is 10.3. The number of thiazole rings is 1. The number of rotatable bonds is 4. The highest BCUT2D eigenvalue weighted by molar-refractivity contribution is 9.10. The smallest absolute Gasteiger partial charge is 0.142 e. The molecular weight excluding hydrogens is 353 g/mol. The third-order valence-corrected chi connectivity index (χ3v) is 4.43. The third-order valence-electron chi connectivity index (χ3n) is 2.82. The van der Waals surface area contributed by atoms with Gasteiger partial charge in [-0.05, 0) is 46.3 Å². The lowest BCUT2D eigenvalue weighted by Gasteiger charge is -2.06. The zero-order chi connectivity index (χ0) is 14.7. The van der Waals surface area contributed by atoms with Gasteiger partial charge >= 0.3 is 0 Å².